The Morgan fingerprint density at radius 1 is 1.20 bits per heavy atom. The lowest BCUT2D eigenvalue weighted by Crippen LogP contribution is -2.02. The molecule has 0 bridgehead atoms. The number of nitriles is 1. The maximum Gasteiger partial charge on any atom is 0.123 e. The number of anilines is 1. The molecule has 2 aromatic carbocycles. The molecule has 0 spiro atoms. The molecule has 2 rings (SSSR count). The Bertz CT molecular complexity index is 665. The minimum Gasteiger partial charge on any atom is -0.496 e. The predicted molar refractivity (Wildman–Crippen MR) is 81.5 cm³/mol. The van der Waals surface area contributed by atoms with Gasteiger partial charge in [-0.1, -0.05) is 23.2 Å². The van der Waals surface area contributed by atoms with Crippen LogP contribution in [0.2, 0.25) is 10.0 Å². The number of rotatable bonds is 4. The average Bonchev–Trinajstić information content (AvgIpc) is 2.46. The van der Waals surface area contributed by atoms with E-state index in [1.807, 2.05) is 18.2 Å². The Hall–Kier alpha value is -1.89. The van der Waals surface area contributed by atoms with E-state index in [9.17, 15) is 0 Å². The van der Waals surface area contributed by atoms with Crippen LogP contribution in [0.4, 0.5) is 5.69 Å². The third-order valence-electron chi connectivity index (χ3n) is 2.81. The molecule has 0 fully saturated rings. The highest BCUT2D eigenvalue weighted by atomic mass is 35.5. The van der Waals surface area contributed by atoms with Crippen LogP contribution < -0.4 is 10.1 Å². The molecule has 0 aromatic heterocycles. The van der Waals surface area contributed by atoms with E-state index in [1.54, 1.807) is 31.4 Å². The third kappa shape index (κ3) is 3.36. The first kappa shape index (κ1) is 14.5. The zero-order valence-electron chi connectivity index (χ0n) is 10.8. The number of hydrogen-bond donors (Lipinski definition) is 1. The van der Waals surface area contributed by atoms with Crippen molar-refractivity contribution in [2.45, 2.75) is 6.54 Å². The highest BCUT2D eigenvalue weighted by Gasteiger charge is 2.06. The molecule has 0 amide bonds. The van der Waals surface area contributed by atoms with Gasteiger partial charge in [0.15, 0.2) is 0 Å². The van der Waals surface area contributed by atoms with Crippen molar-refractivity contribution in [2.24, 2.45) is 0 Å². The van der Waals surface area contributed by atoms with Gasteiger partial charge in [0.25, 0.3) is 0 Å². The van der Waals surface area contributed by atoms with Gasteiger partial charge in [0.2, 0.25) is 0 Å². The Labute approximate surface area is 127 Å². The molecule has 102 valence electrons. The van der Waals surface area contributed by atoms with Gasteiger partial charge in [-0.25, -0.2) is 0 Å². The molecule has 20 heavy (non-hydrogen) atoms. The molecule has 0 aliphatic carbocycles. The first-order valence-electron chi connectivity index (χ1n) is 5.90. The number of nitrogens with zero attached hydrogens (tertiary/aromatic N) is 1. The second-order valence-electron chi connectivity index (χ2n) is 4.12. The zero-order chi connectivity index (χ0) is 14.5. The Morgan fingerprint density at radius 3 is 2.65 bits per heavy atom. The molecule has 0 heterocycles. The summed E-state index contributed by atoms with van der Waals surface area (Å²) in [6, 6.07) is 12.6. The number of methoxy groups -OCH3 is 1. The predicted octanol–water partition coefficient (Wildman–Crippen LogP) is 4.49. The monoisotopic (exact) mass is 306 g/mol. The molecule has 3 nitrogen and oxygen atoms in total. The molecule has 0 saturated carbocycles. The van der Waals surface area contributed by atoms with Gasteiger partial charge in [0.05, 0.1) is 29.5 Å². The lowest BCUT2D eigenvalue weighted by Gasteiger charge is -2.12. The molecule has 2 aromatic rings. The highest BCUT2D eigenvalue weighted by Crippen LogP contribution is 2.26. The van der Waals surface area contributed by atoms with Crippen LogP contribution in [0.25, 0.3) is 0 Å². The van der Waals surface area contributed by atoms with Crippen LogP contribution in [0, 0.1) is 11.3 Å². The number of ether oxygens (including phenoxy) is 1. The molecular formula is C15H12Cl2N2O. The summed E-state index contributed by atoms with van der Waals surface area (Å²) in [4.78, 5) is 0. The van der Waals surface area contributed by atoms with Crippen LogP contribution in [0.5, 0.6) is 5.75 Å². The van der Waals surface area contributed by atoms with Crippen molar-refractivity contribution >= 4 is 28.9 Å². The Morgan fingerprint density at radius 2 is 2.00 bits per heavy atom. The normalized spacial score (nSPS) is 9.90. The maximum absolute atomic E-state index is 8.80. The van der Waals surface area contributed by atoms with Gasteiger partial charge in [-0.2, -0.15) is 5.26 Å². The van der Waals surface area contributed by atoms with Gasteiger partial charge < -0.3 is 10.1 Å². The van der Waals surface area contributed by atoms with Crippen molar-refractivity contribution in [1.29, 1.82) is 5.26 Å². The van der Waals surface area contributed by atoms with Gasteiger partial charge in [-0.15, -0.1) is 0 Å². The Balaban J connectivity index is 2.17. The van der Waals surface area contributed by atoms with E-state index >= 15 is 0 Å². The minimum atomic E-state index is 0.505. The summed E-state index contributed by atoms with van der Waals surface area (Å²) in [6.45, 7) is 0.523. The average molecular weight is 307 g/mol. The minimum absolute atomic E-state index is 0.505. The smallest absolute Gasteiger partial charge is 0.123 e. The van der Waals surface area contributed by atoms with Crippen molar-refractivity contribution in [3.8, 4) is 11.8 Å². The van der Waals surface area contributed by atoms with E-state index in [1.165, 1.54) is 0 Å². The number of hydrogen-bond acceptors (Lipinski definition) is 3. The summed E-state index contributed by atoms with van der Waals surface area (Å²) in [5, 5.41) is 13.2. The van der Waals surface area contributed by atoms with Crippen molar-refractivity contribution in [1.82, 2.24) is 0 Å². The topological polar surface area (TPSA) is 45.0 Å². The van der Waals surface area contributed by atoms with Crippen LogP contribution in [-0.4, -0.2) is 7.11 Å². The van der Waals surface area contributed by atoms with Gasteiger partial charge >= 0.3 is 0 Å². The molecule has 0 aliphatic rings. The van der Waals surface area contributed by atoms with Gasteiger partial charge in [-0.3, -0.25) is 0 Å². The van der Waals surface area contributed by atoms with Gasteiger partial charge in [-0.05, 0) is 36.4 Å². The second-order valence-corrected chi connectivity index (χ2v) is 4.96. The number of benzene rings is 2. The quantitative estimate of drug-likeness (QED) is 0.905. The molecule has 5 heteroatoms. The highest BCUT2D eigenvalue weighted by molar-refractivity contribution is 6.33. The number of halogens is 2. The van der Waals surface area contributed by atoms with E-state index in [2.05, 4.69) is 5.32 Å². The zero-order valence-corrected chi connectivity index (χ0v) is 12.3. The van der Waals surface area contributed by atoms with Crippen LogP contribution in [-0.2, 0) is 6.54 Å². The van der Waals surface area contributed by atoms with Crippen molar-refractivity contribution < 1.29 is 4.74 Å². The van der Waals surface area contributed by atoms with E-state index < -0.39 is 0 Å². The van der Waals surface area contributed by atoms with Gasteiger partial charge in [0, 0.05) is 17.1 Å². The number of nitrogens with one attached hydrogen (secondary N) is 1. The fraction of sp³-hybridized carbons (Fsp3) is 0.133. The van der Waals surface area contributed by atoms with Crippen molar-refractivity contribution in [2.75, 3.05) is 12.4 Å². The first-order valence-corrected chi connectivity index (χ1v) is 6.65. The van der Waals surface area contributed by atoms with E-state index in [0.717, 1.165) is 17.0 Å². The lowest BCUT2D eigenvalue weighted by molar-refractivity contribution is 0.410. The van der Waals surface area contributed by atoms with Crippen LogP contribution in [0.3, 0.4) is 0 Å². The maximum atomic E-state index is 8.80. The second kappa shape index (κ2) is 6.51. The van der Waals surface area contributed by atoms with Crippen molar-refractivity contribution in [3.63, 3.8) is 0 Å². The summed E-state index contributed by atoms with van der Waals surface area (Å²) in [5.41, 5.74) is 2.22. The van der Waals surface area contributed by atoms with E-state index in [0.29, 0.717) is 22.2 Å². The molecular weight excluding hydrogens is 295 g/mol. The standard InChI is InChI=1S/C15H12Cl2N2O/c1-20-15-5-3-12(16)7-11(15)9-19-14-4-2-10(8-18)6-13(14)17/h2-7,19H,9H2,1H3. The summed E-state index contributed by atoms with van der Waals surface area (Å²) in [7, 11) is 1.61. The molecule has 1 N–H and O–H groups in total. The molecule has 0 unspecified atom stereocenters. The molecule has 0 aliphatic heterocycles. The van der Waals surface area contributed by atoms with Crippen LogP contribution >= 0.6 is 23.2 Å². The van der Waals surface area contributed by atoms with Gasteiger partial charge in [0.1, 0.15) is 5.75 Å². The van der Waals surface area contributed by atoms with E-state index in [-0.39, 0.29) is 0 Å². The van der Waals surface area contributed by atoms with Crippen molar-refractivity contribution in [3.05, 3.63) is 57.6 Å². The first-order chi connectivity index (χ1) is 9.63. The van der Waals surface area contributed by atoms with Crippen LogP contribution in [0.1, 0.15) is 11.1 Å². The SMILES string of the molecule is COc1ccc(Cl)cc1CNc1ccc(C#N)cc1Cl. The molecule has 0 atom stereocenters. The molecule has 0 saturated heterocycles. The summed E-state index contributed by atoms with van der Waals surface area (Å²) in [5.74, 6) is 0.756. The van der Waals surface area contributed by atoms with E-state index in [4.69, 9.17) is 33.2 Å². The van der Waals surface area contributed by atoms with Crippen LogP contribution in [0.15, 0.2) is 36.4 Å². The summed E-state index contributed by atoms with van der Waals surface area (Å²) >= 11 is 12.1. The largest absolute Gasteiger partial charge is 0.496 e. The summed E-state index contributed by atoms with van der Waals surface area (Å²) < 4.78 is 5.28. The fourth-order valence-electron chi connectivity index (χ4n) is 1.80. The Kier molecular flexibility index (Phi) is 4.73. The third-order valence-corrected chi connectivity index (χ3v) is 3.36. The fourth-order valence-corrected chi connectivity index (χ4v) is 2.25. The lowest BCUT2D eigenvalue weighted by atomic mass is 10.2. The summed E-state index contributed by atoms with van der Waals surface area (Å²) in [6.07, 6.45) is 0. The molecule has 0 radical (unpaired) electrons.